The van der Waals surface area contributed by atoms with E-state index in [4.69, 9.17) is 14.2 Å². The molecule has 0 aromatic heterocycles. The normalized spacial score (nSPS) is 23.6. The summed E-state index contributed by atoms with van der Waals surface area (Å²) in [5, 5.41) is 2.74. The van der Waals surface area contributed by atoms with Crippen molar-refractivity contribution in [2.75, 3.05) is 20.3 Å². The summed E-state index contributed by atoms with van der Waals surface area (Å²) in [7, 11) is 1.57. The summed E-state index contributed by atoms with van der Waals surface area (Å²) >= 11 is 0. The van der Waals surface area contributed by atoms with Crippen molar-refractivity contribution >= 4 is 11.9 Å². The molecule has 4 rings (SSSR count). The number of fused-ring (bicyclic) bond motifs is 5. The van der Waals surface area contributed by atoms with Crippen molar-refractivity contribution in [2.24, 2.45) is 0 Å². The number of Topliss-reactive ketones (excluding diaryl/α,β-unsaturated/α-hetero) is 1. The first kappa shape index (κ1) is 20.4. The van der Waals surface area contributed by atoms with Crippen LogP contribution in [0.2, 0.25) is 0 Å². The highest BCUT2D eigenvalue weighted by Gasteiger charge is 2.71. The fraction of sp³-hybridized carbons (Fsp3) is 0.417. The Hall–Kier alpha value is -2.86. The van der Waals surface area contributed by atoms with Crippen LogP contribution in [0.15, 0.2) is 42.5 Å². The first-order chi connectivity index (χ1) is 14.4. The molecule has 0 saturated heterocycles. The SMILES string of the molecule is CCOC(=O)NCCC12C(=O)c3ccccc3C1(OC)Oc1cc(C(C)C)ccc12. The summed E-state index contributed by atoms with van der Waals surface area (Å²) < 4.78 is 17.5. The second-order valence-electron chi connectivity index (χ2n) is 8.01. The molecule has 0 saturated carbocycles. The van der Waals surface area contributed by atoms with E-state index in [-0.39, 0.29) is 18.9 Å². The Kier molecular flexibility index (Phi) is 5.06. The highest BCUT2D eigenvalue weighted by Crippen LogP contribution is 2.62. The Labute approximate surface area is 176 Å². The second-order valence-corrected chi connectivity index (χ2v) is 8.01. The molecule has 6 heteroatoms. The van der Waals surface area contributed by atoms with Crippen LogP contribution in [0.3, 0.4) is 0 Å². The fourth-order valence-electron chi connectivity index (χ4n) is 4.78. The monoisotopic (exact) mass is 409 g/mol. The molecule has 2 aromatic rings. The molecular formula is C24H27NO5. The summed E-state index contributed by atoms with van der Waals surface area (Å²) in [5.74, 6) is -0.347. The number of ketones is 1. The van der Waals surface area contributed by atoms with Gasteiger partial charge in [0, 0.05) is 30.3 Å². The standard InChI is InChI=1S/C24H27NO5/c1-5-29-22(27)25-13-12-23-19-11-10-16(15(2)3)14-20(19)30-24(23,28-4)18-9-7-6-8-17(18)21(23)26/h6-11,14-15H,5,12-13H2,1-4H3,(H,25,27). The summed E-state index contributed by atoms with van der Waals surface area (Å²) in [4.78, 5) is 25.7. The number of carbonyl (C=O) groups is 2. The minimum atomic E-state index is -1.27. The number of amides is 1. The molecular weight excluding hydrogens is 382 g/mol. The van der Waals surface area contributed by atoms with Gasteiger partial charge in [-0.2, -0.15) is 0 Å². The van der Waals surface area contributed by atoms with E-state index in [2.05, 4.69) is 19.2 Å². The molecule has 1 N–H and O–H groups in total. The largest absolute Gasteiger partial charge is 0.456 e. The van der Waals surface area contributed by atoms with Crippen molar-refractivity contribution in [3.8, 4) is 5.75 Å². The van der Waals surface area contributed by atoms with Crippen LogP contribution in [0.5, 0.6) is 5.75 Å². The predicted octanol–water partition coefficient (Wildman–Crippen LogP) is 4.27. The molecule has 0 fully saturated rings. The lowest BCUT2D eigenvalue weighted by molar-refractivity contribution is -0.190. The average molecular weight is 409 g/mol. The van der Waals surface area contributed by atoms with Gasteiger partial charge >= 0.3 is 6.09 Å². The van der Waals surface area contributed by atoms with E-state index in [0.29, 0.717) is 23.7 Å². The molecule has 0 bridgehead atoms. The van der Waals surface area contributed by atoms with E-state index in [0.717, 1.165) is 16.7 Å². The Morgan fingerprint density at radius 3 is 2.63 bits per heavy atom. The number of alkyl carbamates (subject to hydrolysis) is 1. The van der Waals surface area contributed by atoms with Crippen molar-refractivity contribution < 1.29 is 23.8 Å². The highest BCUT2D eigenvalue weighted by molar-refractivity contribution is 6.11. The van der Waals surface area contributed by atoms with Gasteiger partial charge in [0.25, 0.3) is 5.79 Å². The van der Waals surface area contributed by atoms with Gasteiger partial charge in [-0.1, -0.05) is 50.2 Å². The van der Waals surface area contributed by atoms with Gasteiger partial charge in [-0.15, -0.1) is 0 Å². The number of hydrogen-bond donors (Lipinski definition) is 1. The van der Waals surface area contributed by atoms with Gasteiger partial charge in [0.05, 0.1) is 6.61 Å². The van der Waals surface area contributed by atoms with Crippen LogP contribution in [0, 0.1) is 0 Å². The molecule has 0 spiro atoms. The van der Waals surface area contributed by atoms with Crippen molar-refractivity contribution in [2.45, 2.75) is 44.3 Å². The highest BCUT2D eigenvalue weighted by atomic mass is 16.7. The van der Waals surface area contributed by atoms with Gasteiger partial charge in [0.2, 0.25) is 0 Å². The molecule has 1 aliphatic heterocycles. The molecule has 1 heterocycles. The molecule has 1 aliphatic carbocycles. The van der Waals surface area contributed by atoms with Gasteiger partial charge < -0.3 is 19.5 Å². The van der Waals surface area contributed by atoms with Crippen molar-refractivity contribution in [1.82, 2.24) is 5.32 Å². The molecule has 6 nitrogen and oxygen atoms in total. The summed E-state index contributed by atoms with van der Waals surface area (Å²) in [5.41, 5.74) is 2.14. The number of hydrogen-bond acceptors (Lipinski definition) is 5. The fourth-order valence-corrected chi connectivity index (χ4v) is 4.78. The van der Waals surface area contributed by atoms with E-state index in [1.807, 2.05) is 42.5 Å². The topological polar surface area (TPSA) is 73.9 Å². The zero-order chi connectivity index (χ0) is 21.5. The van der Waals surface area contributed by atoms with Crippen molar-refractivity contribution in [3.63, 3.8) is 0 Å². The number of nitrogens with one attached hydrogen (secondary N) is 1. The summed E-state index contributed by atoms with van der Waals surface area (Å²) in [6.45, 7) is 6.51. The maximum atomic E-state index is 13.8. The zero-order valence-corrected chi connectivity index (χ0v) is 17.8. The second kappa shape index (κ2) is 7.43. The van der Waals surface area contributed by atoms with Crippen LogP contribution in [0.25, 0.3) is 0 Å². The maximum absolute atomic E-state index is 13.8. The summed E-state index contributed by atoms with van der Waals surface area (Å²) in [6.07, 6.45) is -0.185. The molecule has 0 radical (unpaired) electrons. The zero-order valence-electron chi connectivity index (χ0n) is 17.8. The molecule has 2 aliphatic rings. The van der Waals surface area contributed by atoms with Gasteiger partial charge in [-0.25, -0.2) is 4.79 Å². The smallest absolute Gasteiger partial charge is 0.407 e. The third-order valence-corrected chi connectivity index (χ3v) is 6.19. The number of carbonyl (C=O) groups excluding carboxylic acids is 2. The van der Waals surface area contributed by atoms with Crippen LogP contribution in [-0.4, -0.2) is 32.1 Å². The molecule has 158 valence electrons. The van der Waals surface area contributed by atoms with E-state index in [9.17, 15) is 9.59 Å². The van der Waals surface area contributed by atoms with E-state index in [1.54, 1.807) is 14.0 Å². The quantitative estimate of drug-likeness (QED) is 0.771. The van der Waals surface area contributed by atoms with Crippen molar-refractivity contribution in [1.29, 1.82) is 0 Å². The van der Waals surface area contributed by atoms with Gasteiger partial charge in [-0.3, -0.25) is 4.79 Å². The third kappa shape index (κ3) is 2.67. The van der Waals surface area contributed by atoms with Crippen LogP contribution in [0.1, 0.15) is 60.2 Å². The van der Waals surface area contributed by atoms with Gasteiger partial charge in [0.1, 0.15) is 11.2 Å². The number of methoxy groups -OCH3 is 1. The first-order valence-corrected chi connectivity index (χ1v) is 10.3. The third-order valence-electron chi connectivity index (χ3n) is 6.19. The lowest BCUT2D eigenvalue weighted by Gasteiger charge is -2.37. The Morgan fingerprint density at radius 2 is 1.93 bits per heavy atom. The van der Waals surface area contributed by atoms with E-state index in [1.165, 1.54) is 0 Å². The Morgan fingerprint density at radius 1 is 1.17 bits per heavy atom. The van der Waals surface area contributed by atoms with Gasteiger partial charge in [0.15, 0.2) is 5.78 Å². The molecule has 1 amide bonds. The average Bonchev–Trinajstić information content (AvgIpc) is 3.14. The summed E-state index contributed by atoms with van der Waals surface area (Å²) in [6, 6.07) is 13.4. The molecule has 2 unspecified atom stereocenters. The number of benzene rings is 2. The van der Waals surface area contributed by atoms with Crippen LogP contribution in [-0.2, 0) is 20.7 Å². The van der Waals surface area contributed by atoms with Crippen molar-refractivity contribution in [3.05, 3.63) is 64.7 Å². The molecule has 2 atom stereocenters. The predicted molar refractivity (Wildman–Crippen MR) is 112 cm³/mol. The maximum Gasteiger partial charge on any atom is 0.407 e. The molecule has 30 heavy (non-hydrogen) atoms. The Balaban J connectivity index is 1.83. The number of rotatable bonds is 6. The minimum Gasteiger partial charge on any atom is -0.456 e. The van der Waals surface area contributed by atoms with Gasteiger partial charge in [-0.05, 0) is 30.9 Å². The van der Waals surface area contributed by atoms with Crippen LogP contribution in [0.4, 0.5) is 4.79 Å². The lowest BCUT2D eigenvalue weighted by Crippen LogP contribution is -2.51. The van der Waals surface area contributed by atoms with E-state index >= 15 is 0 Å². The lowest BCUT2D eigenvalue weighted by atomic mass is 9.71. The number of ether oxygens (including phenoxy) is 3. The van der Waals surface area contributed by atoms with Crippen LogP contribution >= 0.6 is 0 Å². The van der Waals surface area contributed by atoms with Crippen LogP contribution < -0.4 is 10.1 Å². The molecule has 2 aromatic carbocycles. The van der Waals surface area contributed by atoms with E-state index < -0.39 is 17.3 Å². The Bertz CT molecular complexity index is 1000. The first-order valence-electron chi connectivity index (χ1n) is 10.3. The minimum absolute atomic E-state index is 0.0540.